The van der Waals surface area contributed by atoms with Gasteiger partial charge >= 0.3 is 0 Å². The topological polar surface area (TPSA) is 41.6 Å². The molecule has 1 aliphatic heterocycles. The van der Waals surface area contributed by atoms with Crippen LogP contribution in [0.15, 0.2) is 0 Å². The predicted molar refractivity (Wildman–Crippen MR) is 69.5 cm³/mol. The summed E-state index contributed by atoms with van der Waals surface area (Å²) in [5, 5.41) is 2.67. The second-order valence-corrected chi connectivity index (χ2v) is 6.72. The van der Waals surface area contributed by atoms with Gasteiger partial charge in [0, 0.05) is 20.0 Å². The molecule has 1 heterocycles. The van der Waals surface area contributed by atoms with Crippen LogP contribution in [0.4, 0.5) is 0 Å². The molecule has 0 unspecified atom stereocenters. The summed E-state index contributed by atoms with van der Waals surface area (Å²) in [5.41, 5.74) is 0. The van der Waals surface area contributed by atoms with Crippen LogP contribution in [0.5, 0.6) is 0 Å². The van der Waals surface area contributed by atoms with Crippen LogP contribution in [0.3, 0.4) is 0 Å². The Bertz CT molecular complexity index is 273. The van der Waals surface area contributed by atoms with Crippen LogP contribution in [-0.2, 0) is 9.53 Å². The van der Waals surface area contributed by atoms with E-state index < -0.39 is 9.96 Å². The van der Waals surface area contributed by atoms with Crippen LogP contribution < -0.4 is 5.32 Å². The maximum Gasteiger partial charge on any atom is 0.223 e. The van der Waals surface area contributed by atoms with Crippen molar-refractivity contribution >= 4 is 40.7 Å². The number of alkyl halides is 3. The Morgan fingerprint density at radius 2 is 1.82 bits per heavy atom. The molecule has 17 heavy (non-hydrogen) atoms. The van der Waals surface area contributed by atoms with E-state index in [-0.39, 0.29) is 18.1 Å². The SMILES string of the molecule is CC(=O)N[C@H](N1C[C@H](C)O[C@@H](C)C1)C(Cl)(Cl)Cl. The summed E-state index contributed by atoms with van der Waals surface area (Å²) in [6.07, 6.45) is -0.552. The van der Waals surface area contributed by atoms with Crippen LogP contribution >= 0.6 is 34.8 Å². The summed E-state index contributed by atoms with van der Waals surface area (Å²) >= 11 is 17.7. The number of ether oxygens (including phenoxy) is 1. The first-order valence-corrected chi connectivity index (χ1v) is 6.57. The molecule has 0 bridgehead atoms. The molecule has 7 heteroatoms. The number of nitrogens with one attached hydrogen (secondary N) is 1. The Kier molecular flexibility index (Phi) is 5.35. The molecule has 0 aromatic rings. The lowest BCUT2D eigenvalue weighted by atomic mass is 10.2. The third-order valence-corrected chi connectivity index (χ3v) is 3.08. The summed E-state index contributed by atoms with van der Waals surface area (Å²) in [4.78, 5) is 13.1. The first kappa shape index (κ1) is 15.3. The Morgan fingerprint density at radius 3 is 2.18 bits per heavy atom. The van der Waals surface area contributed by atoms with Crippen molar-refractivity contribution in [3.8, 4) is 0 Å². The first-order valence-electron chi connectivity index (χ1n) is 5.43. The highest BCUT2D eigenvalue weighted by Gasteiger charge is 2.40. The Balaban J connectivity index is 2.78. The molecule has 3 atom stereocenters. The molecule has 1 rings (SSSR count). The number of morpholine rings is 1. The number of hydrogen-bond donors (Lipinski definition) is 1. The zero-order valence-electron chi connectivity index (χ0n) is 10.0. The largest absolute Gasteiger partial charge is 0.373 e. The van der Waals surface area contributed by atoms with Gasteiger partial charge in [-0.1, -0.05) is 34.8 Å². The highest BCUT2D eigenvalue weighted by molar-refractivity contribution is 6.68. The molecule has 0 spiro atoms. The Hall–Kier alpha value is 0.260. The van der Waals surface area contributed by atoms with Gasteiger partial charge in [0.05, 0.1) is 12.2 Å². The molecular formula is C10H17Cl3N2O2. The summed E-state index contributed by atoms with van der Waals surface area (Å²) < 4.78 is 4.03. The minimum atomic E-state index is -1.57. The average Bonchev–Trinajstić information content (AvgIpc) is 2.10. The van der Waals surface area contributed by atoms with Gasteiger partial charge in [-0.25, -0.2) is 0 Å². The molecule has 0 radical (unpaired) electrons. The zero-order chi connectivity index (χ0) is 13.2. The predicted octanol–water partition coefficient (Wildman–Crippen LogP) is 1.93. The lowest BCUT2D eigenvalue weighted by Crippen LogP contribution is -2.60. The molecule has 0 aromatic heterocycles. The first-order chi connectivity index (χ1) is 7.70. The lowest BCUT2D eigenvalue weighted by molar-refractivity contribution is -0.124. The van der Waals surface area contributed by atoms with Gasteiger partial charge in [0.25, 0.3) is 0 Å². The molecule has 1 fully saturated rings. The third kappa shape index (κ3) is 4.79. The summed E-state index contributed by atoms with van der Waals surface area (Å²) in [7, 11) is 0. The van der Waals surface area contributed by atoms with Gasteiger partial charge in [0.1, 0.15) is 6.17 Å². The molecular weight excluding hydrogens is 286 g/mol. The van der Waals surface area contributed by atoms with Gasteiger partial charge in [-0.2, -0.15) is 0 Å². The minimum Gasteiger partial charge on any atom is -0.373 e. The monoisotopic (exact) mass is 302 g/mol. The number of carbonyl (C=O) groups excluding carboxylic acids is 1. The van der Waals surface area contributed by atoms with Crippen molar-refractivity contribution in [1.29, 1.82) is 0 Å². The van der Waals surface area contributed by atoms with Crippen LogP contribution in [0.25, 0.3) is 0 Å². The zero-order valence-corrected chi connectivity index (χ0v) is 12.3. The molecule has 1 saturated heterocycles. The maximum atomic E-state index is 11.2. The Labute approximate surface area is 117 Å². The van der Waals surface area contributed by atoms with E-state index in [1.807, 2.05) is 18.7 Å². The minimum absolute atomic E-state index is 0.0439. The van der Waals surface area contributed by atoms with E-state index in [2.05, 4.69) is 5.32 Å². The van der Waals surface area contributed by atoms with Crippen LogP contribution in [-0.4, -0.2) is 46.1 Å². The Morgan fingerprint density at radius 1 is 1.35 bits per heavy atom. The van der Waals surface area contributed by atoms with E-state index in [1.165, 1.54) is 6.92 Å². The molecule has 1 aliphatic rings. The van der Waals surface area contributed by atoms with E-state index in [9.17, 15) is 4.79 Å². The molecule has 4 nitrogen and oxygen atoms in total. The van der Waals surface area contributed by atoms with E-state index in [0.29, 0.717) is 13.1 Å². The van der Waals surface area contributed by atoms with Gasteiger partial charge in [-0.05, 0) is 13.8 Å². The van der Waals surface area contributed by atoms with Crippen molar-refractivity contribution < 1.29 is 9.53 Å². The second kappa shape index (κ2) is 5.93. The number of nitrogens with zero attached hydrogens (tertiary/aromatic N) is 1. The fourth-order valence-corrected chi connectivity index (χ4v) is 2.58. The van der Waals surface area contributed by atoms with Crippen LogP contribution in [0, 0.1) is 0 Å². The van der Waals surface area contributed by atoms with Gasteiger partial charge in [0.15, 0.2) is 0 Å². The molecule has 100 valence electrons. The van der Waals surface area contributed by atoms with Crippen molar-refractivity contribution in [3.05, 3.63) is 0 Å². The third-order valence-electron chi connectivity index (χ3n) is 2.46. The standard InChI is InChI=1S/C10H17Cl3N2O2/c1-6-4-15(5-7(2)17-6)9(10(11,12)13)14-8(3)16/h6-7,9H,4-5H2,1-3H3,(H,14,16)/t6-,7-,9+/m0/s1. The molecule has 0 saturated carbocycles. The number of hydrogen-bond acceptors (Lipinski definition) is 3. The number of rotatable bonds is 2. The van der Waals surface area contributed by atoms with Crippen LogP contribution in [0.1, 0.15) is 20.8 Å². The van der Waals surface area contributed by atoms with Crippen molar-refractivity contribution in [2.45, 2.75) is 42.9 Å². The van der Waals surface area contributed by atoms with Crippen molar-refractivity contribution in [3.63, 3.8) is 0 Å². The highest BCUT2D eigenvalue weighted by atomic mass is 35.6. The number of halogens is 3. The van der Waals surface area contributed by atoms with Gasteiger partial charge in [0.2, 0.25) is 9.70 Å². The van der Waals surface area contributed by atoms with Crippen LogP contribution in [0.2, 0.25) is 0 Å². The van der Waals surface area contributed by atoms with Gasteiger partial charge in [-0.15, -0.1) is 0 Å². The highest BCUT2D eigenvalue weighted by Crippen LogP contribution is 2.33. The van der Waals surface area contributed by atoms with Crippen molar-refractivity contribution in [1.82, 2.24) is 10.2 Å². The summed E-state index contributed by atoms with van der Waals surface area (Å²) in [5.74, 6) is -0.229. The summed E-state index contributed by atoms with van der Waals surface area (Å²) in [6, 6.07) is 0. The van der Waals surface area contributed by atoms with E-state index in [4.69, 9.17) is 39.5 Å². The smallest absolute Gasteiger partial charge is 0.223 e. The lowest BCUT2D eigenvalue weighted by Gasteiger charge is -2.42. The normalized spacial score (nSPS) is 28.8. The molecule has 0 aliphatic carbocycles. The van der Waals surface area contributed by atoms with Gasteiger partial charge in [-0.3, -0.25) is 9.69 Å². The fraction of sp³-hybridized carbons (Fsp3) is 0.900. The molecule has 0 aromatic carbocycles. The second-order valence-electron chi connectivity index (χ2n) is 4.36. The number of amides is 1. The molecule has 1 amide bonds. The molecule has 1 N–H and O–H groups in total. The average molecular weight is 304 g/mol. The van der Waals surface area contributed by atoms with E-state index in [1.54, 1.807) is 0 Å². The summed E-state index contributed by atoms with van der Waals surface area (Å²) in [6.45, 7) is 6.53. The van der Waals surface area contributed by atoms with E-state index in [0.717, 1.165) is 0 Å². The van der Waals surface area contributed by atoms with Crippen molar-refractivity contribution in [2.24, 2.45) is 0 Å². The maximum absolute atomic E-state index is 11.2. The van der Waals surface area contributed by atoms with Crippen molar-refractivity contribution in [2.75, 3.05) is 13.1 Å². The number of carbonyl (C=O) groups is 1. The van der Waals surface area contributed by atoms with Gasteiger partial charge < -0.3 is 10.1 Å². The quantitative estimate of drug-likeness (QED) is 0.793. The van der Waals surface area contributed by atoms with E-state index >= 15 is 0 Å². The fourth-order valence-electron chi connectivity index (χ4n) is 2.00.